The van der Waals surface area contributed by atoms with Gasteiger partial charge in [-0.2, -0.15) is 5.10 Å². The molecule has 0 saturated carbocycles. The molecule has 0 aromatic carbocycles. The molecular weight excluding hydrogens is 294 g/mol. The average Bonchev–Trinajstić information content (AvgIpc) is 2.68. The summed E-state index contributed by atoms with van der Waals surface area (Å²) in [6, 6.07) is 0.129. The Morgan fingerprint density at radius 3 is 2.83 bits per heavy atom. The minimum absolute atomic E-state index is 0.178. The van der Waals surface area contributed by atoms with Crippen LogP contribution in [-0.2, 0) is 4.79 Å². The quantitative estimate of drug-likeness (QED) is 0.842. The van der Waals surface area contributed by atoms with E-state index in [0.717, 1.165) is 29.6 Å². The highest BCUT2D eigenvalue weighted by Gasteiger charge is 2.28. The lowest BCUT2D eigenvalue weighted by atomic mass is 10.0. The maximum atomic E-state index is 12.5. The van der Waals surface area contributed by atoms with E-state index in [9.17, 15) is 4.79 Å². The van der Waals surface area contributed by atoms with Gasteiger partial charge >= 0.3 is 0 Å². The van der Waals surface area contributed by atoms with Crippen LogP contribution in [0.4, 0.5) is 0 Å². The zero-order valence-corrected chi connectivity index (χ0v) is 12.8. The molecule has 100 valence electrons. The van der Waals surface area contributed by atoms with Crippen LogP contribution in [-0.4, -0.2) is 33.2 Å². The number of aryl methyl sites for hydroxylation is 1. The first kappa shape index (κ1) is 13.6. The van der Waals surface area contributed by atoms with E-state index in [-0.39, 0.29) is 11.9 Å². The Labute approximate surface area is 116 Å². The molecule has 1 fully saturated rings. The first-order chi connectivity index (χ1) is 8.50. The van der Waals surface area contributed by atoms with Crippen LogP contribution in [0.1, 0.15) is 44.8 Å². The summed E-state index contributed by atoms with van der Waals surface area (Å²) in [5.41, 5.74) is 0.918. The van der Waals surface area contributed by atoms with Crippen LogP contribution in [0.5, 0.6) is 0 Å². The molecule has 0 spiro atoms. The van der Waals surface area contributed by atoms with Crippen molar-refractivity contribution >= 4 is 21.8 Å². The van der Waals surface area contributed by atoms with Crippen molar-refractivity contribution in [3.05, 3.63) is 16.4 Å². The molecule has 1 aromatic rings. The highest BCUT2D eigenvalue weighted by molar-refractivity contribution is 9.10. The second kappa shape index (κ2) is 5.43. The molecule has 1 aliphatic heterocycles. The Balaban J connectivity index is 2.12. The molecule has 1 aromatic heterocycles. The smallest absolute Gasteiger partial charge is 0.247 e. The van der Waals surface area contributed by atoms with E-state index in [4.69, 9.17) is 0 Å². The molecule has 1 saturated heterocycles. The number of rotatable bonds is 2. The predicted molar refractivity (Wildman–Crippen MR) is 74.4 cm³/mol. The van der Waals surface area contributed by atoms with Gasteiger partial charge in [-0.1, -0.05) is 0 Å². The molecule has 2 unspecified atom stereocenters. The third kappa shape index (κ3) is 2.60. The summed E-state index contributed by atoms with van der Waals surface area (Å²) in [6.45, 7) is 6.86. The third-order valence-electron chi connectivity index (χ3n) is 3.70. The van der Waals surface area contributed by atoms with Gasteiger partial charge in [0, 0.05) is 18.8 Å². The molecule has 2 rings (SSSR count). The second-order valence-corrected chi connectivity index (χ2v) is 5.95. The number of carbonyl (C=O) groups excluding carboxylic acids is 1. The van der Waals surface area contributed by atoms with Gasteiger partial charge < -0.3 is 4.90 Å². The minimum Gasteiger partial charge on any atom is -0.338 e. The highest BCUT2D eigenvalue weighted by Crippen LogP contribution is 2.22. The maximum Gasteiger partial charge on any atom is 0.247 e. The molecule has 0 aliphatic carbocycles. The summed E-state index contributed by atoms with van der Waals surface area (Å²) in [6.07, 6.45) is 5.34. The van der Waals surface area contributed by atoms with Gasteiger partial charge in [-0.15, -0.1) is 0 Å². The maximum absolute atomic E-state index is 12.5. The summed E-state index contributed by atoms with van der Waals surface area (Å²) in [7, 11) is 0. The molecule has 5 heteroatoms. The van der Waals surface area contributed by atoms with Crippen LogP contribution in [0, 0.1) is 6.92 Å². The zero-order valence-electron chi connectivity index (χ0n) is 11.2. The number of aromatic nitrogens is 2. The highest BCUT2D eigenvalue weighted by atomic mass is 79.9. The lowest BCUT2D eigenvalue weighted by Gasteiger charge is -2.35. The molecule has 0 N–H and O–H groups in total. The summed E-state index contributed by atoms with van der Waals surface area (Å²) < 4.78 is 2.71. The number of hydrogen-bond acceptors (Lipinski definition) is 2. The fourth-order valence-electron chi connectivity index (χ4n) is 2.44. The Hall–Kier alpha value is -0.840. The lowest BCUT2D eigenvalue weighted by molar-refractivity contribution is -0.137. The Bertz CT molecular complexity index is 424. The van der Waals surface area contributed by atoms with E-state index in [0.29, 0.717) is 6.04 Å². The number of hydrogen-bond donors (Lipinski definition) is 0. The standard InChI is InChI=1S/C13H20BrN3O/c1-9-6-4-5-7-16(9)13(18)11(3)17-8-12(14)10(2)15-17/h8-9,11H,4-7H2,1-3H3. The Kier molecular flexibility index (Phi) is 4.10. The van der Waals surface area contributed by atoms with E-state index >= 15 is 0 Å². The molecule has 4 nitrogen and oxygen atoms in total. The van der Waals surface area contributed by atoms with Crippen molar-refractivity contribution in [1.82, 2.24) is 14.7 Å². The van der Waals surface area contributed by atoms with Gasteiger partial charge in [-0.25, -0.2) is 0 Å². The number of halogens is 1. The van der Waals surface area contributed by atoms with Crippen molar-refractivity contribution in [3.63, 3.8) is 0 Å². The monoisotopic (exact) mass is 313 g/mol. The number of nitrogens with zero attached hydrogens (tertiary/aromatic N) is 3. The molecule has 1 aliphatic rings. The van der Waals surface area contributed by atoms with Crippen LogP contribution < -0.4 is 0 Å². The van der Waals surface area contributed by atoms with Crippen molar-refractivity contribution in [2.45, 2.75) is 52.1 Å². The van der Waals surface area contributed by atoms with E-state index in [2.05, 4.69) is 28.0 Å². The van der Waals surface area contributed by atoms with Crippen molar-refractivity contribution in [1.29, 1.82) is 0 Å². The summed E-state index contributed by atoms with van der Waals surface area (Å²) in [5, 5.41) is 4.37. The third-order valence-corrected chi connectivity index (χ3v) is 4.48. The van der Waals surface area contributed by atoms with Crippen molar-refractivity contribution in [2.75, 3.05) is 6.54 Å². The minimum atomic E-state index is -0.226. The van der Waals surface area contributed by atoms with Crippen LogP contribution in [0.2, 0.25) is 0 Å². The van der Waals surface area contributed by atoms with Gasteiger partial charge in [-0.05, 0) is 56.0 Å². The summed E-state index contributed by atoms with van der Waals surface area (Å²) >= 11 is 3.43. The van der Waals surface area contributed by atoms with E-state index in [1.807, 2.05) is 24.9 Å². The van der Waals surface area contributed by atoms with E-state index in [1.54, 1.807) is 4.68 Å². The number of likely N-dealkylation sites (tertiary alicyclic amines) is 1. The van der Waals surface area contributed by atoms with Crippen molar-refractivity contribution in [3.8, 4) is 0 Å². The van der Waals surface area contributed by atoms with Gasteiger partial charge in [0.15, 0.2) is 0 Å². The largest absolute Gasteiger partial charge is 0.338 e. The first-order valence-electron chi connectivity index (χ1n) is 6.52. The first-order valence-corrected chi connectivity index (χ1v) is 7.31. The lowest BCUT2D eigenvalue weighted by Crippen LogP contribution is -2.45. The molecule has 18 heavy (non-hydrogen) atoms. The normalized spacial score (nSPS) is 22.0. The van der Waals surface area contributed by atoms with Crippen molar-refractivity contribution in [2.24, 2.45) is 0 Å². The average molecular weight is 314 g/mol. The van der Waals surface area contributed by atoms with Crippen LogP contribution in [0.3, 0.4) is 0 Å². The fraction of sp³-hybridized carbons (Fsp3) is 0.692. The van der Waals surface area contributed by atoms with Gasteiger partial charge in [0.2, 0.25) is 5.91 Å². The van der Waals surface area contributed by atoms with Crippen LogP contribution >= 0.6 is 15.9 Å². The number of piperidine rings is 1. The predicted octanol–water partition coefficient (Wildman–Crippen LogP) is 2.92. The van der Waals surface area contributed by atoms with Gasteiger partial charge in [0.05, 0.1) is 10.2 Å². The SMILES string of the molecule is Cc1nn(C(C)C(=O)N2CCCCC2C)cc1Br. The van der Waals surface area contributed by atoms with Crippen LogP contribution in [0.25, 0.3) is 0 Å². The number of carbonyl (C=O) groups is 1. The Morgan fingerprint density at radius 1 is 1.56 bits per heavy atom. The fourth-order valence-corrected chi connectivity index (χ4v) is 2.73. The Morgan fingerprint density at radius 2 is 2.28 bits per heavy atom. The molecule has 1 amide bonds. The molecule has 0 radical (unpaired) electrons. The molecular formula is C13H20BrN3O. The molecule has 0 bridgehead atoms. The topological polar surface area (TPSA) is 38.1 Å². The van der Waals surface area contributed by atoms with E-state index < -0.39 is 0 Å². The summed E-state index contributed by atoms with van der Waals surface area (Å²) in [5.74, 6) is 0.178. The summed E-state index contributed by atoms with van der Waals surface area (Å²) in [4.78, 5) is 14.5. The van der Waals surface area contributed by atoms with Crippen LogP contribution in [0.15, 0.2) is 10.7 Å². The second-order valence-electron chi connectivity index (χ2n) is 5.09. The molecule has 2 atom stereocenters. The van der Waals surface area contributed by atoms with Crippen molar-refractivity contribution < 1.29 is 4.79 Å². The van der Waals surface area contributed by atoms with E-state index in [1.165, 1.54) is 6.42 Å². The zero-order chi connectivity index (χ0) is 13.3. The number of amides is 1. The van der Waals surface area contributed by atoms with Gasteiger partial charge in [-0.3, -0.25) is 9.48 Å². The van der Waals surface area contributed by atoms with Gasteiger partial charge in [0.1, 0.15) is 6.04 Å². The molecule has 2 heterocycles. The van der Waals surface area contributed by atoms with Gasteiger partial charge in [0.25, 0.3) is 0 Å².